The van der Waals surface area contributed by atoms with Crippen molar-refractivity contribution in [2.75, 3.05) is 0 Å². The molecule has 16 heavy (non-hydrogen) atoms. The standard InChI is InChI=1S/C11H16N2O2S/c1-5-9(10(14)15)16-11-12-7(3)6(2)8(4)13-11/h9H,5H2,1-4H3,(H,14,15). The van der Waals surface area contributed by atoms with Gasteiger partial charge in [-0.25, -0.2) is 9.97 Å². The lowest BCUT2D eigenvalue weighted by Gasteiger charge is -2.10. The monoisotopic (exact) mass is 240 g/mol. The fourth-order valence-corrected chi connectivity index (χ4v) is 2.13. The van der Waals surface area contributed by atoms with Crippen molar-refractivity contribution in [2.45, 2.75) is 44.5 Å². The normalized spacial score (nSPS) is 12.5. The lowest BCUT2D eigenvalue weighted by atomic mass is 10.2. The number of thioether (sulfide) groups is 1. The number of aryl methyl sites for hydroxylation is 2. The zero-order chi connectivity index (χ0) is 12.3. The summed E-state index contributed by atoms with van der Waals surface area (Å²) >= 11 is 1.21. The zero-order valence-electron chi connectivity index (χ0n) is 9.94. The van der Waals surface area contributed by atoms with E-state index in [2.05, 4.69) is 9.97 Å². The van der Waals surface area contributed by atoms with Gasteiger partial charge in [0.15, 0.2) is 5.16 Å². The molecule has 0 bridgehead atoms. The molecule has 1 rings (SSSR count). The predicted molar refractivity (Wildman–Crippen MR) is 63.8 cm³/mol. The highest BCUT2D eigenvalue weighted by molar-refractivity contribution is 8.00. The highest BCUT2D eigenvalue weighted by atomic mass is 32.2. The molecule has 0 aliphatic heterocycles. The van der Waals surface area contributed by atoms with Crippen molar-refractivity contribution in [3.63, 3.8) is 0 Å². The van der Waals surface area contributed by atoms with E-state index in [4.69, 9.17) is 5.11 Å². The molecule has 0 radical (unpaired) electrons. The predicted octanol–water partition coefficient (Wildman–Crippen LogP) is 2.36. The van der Waals surface area contributed by atoms with Crippen LogP contribution in [0.1, 0.15) is 30.3 Å². The van der Waals surface area contributed by atoms with Crippen molar-refractivity contribution in [3.05, 3.63) is 17.0 Å². The number of hydrogen-bond donors (Lipinski definition) is 1. The Morgan fingerprint density at radius 1 is 1.31 bits per heavy atom. The van der Waals surface area contributed by atoms with Gasteiger partial charge < -0.3 is 5.11 Å². The molecule has 0 saturated heterocycles. The second-order valence-electron chi connectivity index (χ2n) is 3.65. The molecule has 1 unspecified atom stereocenters. The Bertz CT molecular complexity index is 384. The molecule has 0 spiro atoms. The van der Waals surface area contributed by atoms with Gasteiger partial charge in [0, 0.05) is 11.4 Å². The van der Waals surface area contributed by atoms with E-state index in [1.54, 1.807) is 0 Å². The smallest absolute Gasteiger partial charge is 0.317 e. The van der Waals surface area contributed by atoms with Crippen LogP contribution < -0.4 is 0 Å². The summed E-state index contributed by atoms with van der Waals surface area (Å²) in [5.74, 6) is -0.813. The molecule has 4 nitrogen and oxygen atoms in total. The van der Waals surface area contributed by atoms with Gasteiger partial charge in [-0.15, -0.1) is 0 Å². The van der Waals surface area contributed by atoms with Crippen LogP contribution >= 0.6 is 11.8 Å². The molecular formula is C11H16N2O2S. The lowest BCUT2D eigenvalue weighted by Crippen LogP contribution is -2.15. The first-order valence-corrected chi connectivity index (χ1v) is 6.05. The van der Waals surface area contributed by atoms with E-state index in [0.29, 0.717) is 11.6 Å². The van der Waals surface area contributed by atoms with Crippen LogP contribution in [0.5, 0.6) is 0 Å². The molecule has 1 atom stereocenters. The summed E-state index contributed by atoms with van der Waals surface area (Å²) in [6, 6.07) is 0. The molecule has 1 N–H and O–H groups in total. The van der Waals surface area contributed by atoms with Crippen LogP contribution in [0.2, 0.25) is 0 Å². The van der Waals surface area contributed by atoms with Gasteiger partial charge in [0.1, 0.15) is 5.25 Å². The van der Waals surface area contributed by atoms with Crippen molar-refractivity contribution < 1.29 is 9.90 Å². The van der Waals surface area contributed by atoms with E-state index in [-0.39, 0.29) is 0 Å². The summed E-state index contributed by atoms with van der Waals surface area (Å²) in [5, 5.41) is 9.03. The average Bonchev–Trinajstić information content (AvgIpc) is 2.21. The zero-order valence-corrected chi connectivity index (χ0v) is 10.8. The minimum absolute atomic E-state index is 0.471. The fourth-order valence-electron chi connectivity index (χ4n) is 1.23. The highest BCUT2D eigenvalue weighted by Crippen LogP contribution is 2.23. The maximum absolute atomic E-state index is 10.9. The lowest BCUT2D eigenvalue weighted by molar-refractivity contribution is -0.136. The van der Waals surface area contributed by atoms with Gasteiger partial charge in [-0.05, 0) is 32.8 Å². The first-order valence-electron chi connectivity index (χ1n) is 5.17. The maximum Gasteiger partial charge on any atom is 0.317 e. The van der Waals surface area contributed by atoms with Crippen LogP contribution in [0.15, 0.2) is 5.16 Å². The van der Waals surface area contributed by atoms with E-state index < -0.39 is 11.2 Å². The molecule has 1 aromatic rings. The van der Waals surface area contributed by atoms with Crippen molar-refractivity contribution in [1.29, 1.82) is 0 Å². The van der Waals surface area contributed by atoms with E-state index in [0.717, 1.165) is 17.0 Å². The minimum atomic E-state index is -0.813. The first kappa shape index (κ1) is 13.0. The molecule has 1 heterocycles. The number of carboxylic acid groups (broad SMARTS) is 1. The number of carbonyl (C=O) groups is 1. The topological polar surface area (TPSA) is 63.1 Å². The third-order valence-corrected chi connectivity index (χ3v) is 3.72. The highest BCUT2D eigenvalue weighted by Gasteiger charge is 2.18. The van der Waals surface area contributed by atoms with Gasteiger partial charge in [-0.1, -0.05) is 18.7 Å². The van der Waals surface area contributed by atoms with Crippen LogP contribution in [0.4, 0.5) is 0 Å². The van der Waals surface area contributed by atoms with Crippen molar-refractivity contribution in [2.24, 2.45) is 0 Å². The Balaban J connectivity index is 2.93. The SMILES string of the molecule is CCC(Sc1nc(C)c(C)c(C)n1)C(=O)O. The van der Waals surface area contributed by atoms with Crippen LogP contribution in [-0.4, -0.2) is 26.3 Å². The summed E-state index contributed by atoms with van der Waals surface area (Å²) in [4.78, 5) is 19.5. The summed E-state index contributed by atoms with van der Waals surface area (Å²) in [6.45, 7) is 7.64. The molecule has 1 aromatic heterocycles. The van der Waals surface area contributed by atoms with Gasteiger partial charge >= 0.3 is 5.97 Å². The number of aliphatic carboxylic acids is 1. The van der Waals surface area contributed by atoms with Crippen molar-refractivity contribution in [1.82, 2.24) is 9.97 Å². The number of hydrogen-bond acceptors (Lipinski definition) is 4. The van der Waals surface area contributed by atoms with Gasteiger partial charge in [0.2, 0.25) is 0 Å². The first-order chi connectivity index (χ1) is 7.45. The van der Waals surface area contributed by atoms with E-state index in [9.17, 15) is 4.79 Å². The Morgan fingerprint density at radius 3 is 2.19 bits per heavy atom. The number of carboxylic acids is 1. The van der Waals surface area contributed by atoms with E-state index >= 15 is 0 Å². The molecule has 0 aliphatic rings. The third kappa shape index (κ3) is 2.95. The molecule has 5 heteroatoms. The summed E-state index contributed by atoms with van der Waals surface area (Å²) < 4.78 is 0. The number of aromatic nitrogens is 2. The fraction of sp³-hybridized carbons (Fsp3) is 0.545. The van der Waals surface area contributed by atoms with Gasteiger partial charge in [0.05, 0.1) is 0 Å². The van der Waals surface area contributed by atoms with Crippen molar-refractivity contribution in [3.8, 4) is 0 Å². The van der Waals surface area contributed by atoms with Gasteiger partial charge in [-0.2, -0.15) is 0 Å². The molecule has 0 fully saturated rings. The Labute approximate surface area is 99.5 Å². The number of nitrogens with zero attached hydrogens (tertiary/aromatic N) is 2. The van der Waals surface area contributed by atoms with Crippen LogP contribution in [-0.2, 0) is 4.79 Å². The third-order valence-electron chi connectivity index (χ3n) is 2.51. The van der Waals surface area contributed by atoms with Crippen LogP contribution in [0, 0.1) is 20.8 Å². The second kappa shape index (κ2) is 5.30. The summed E-state index contributed by atoms with van der Waals surface area (Å²) in [5.41, 5.74) is 2.89. The Hall–Kier alpha value is -1.10. The van der Waals surface area contributed by atoms with E-state index in [1.165, 1.54) is 11.8 Å². The number of rotatable bonds is 4. The average molecular weight is 240 g/mol. The molecule has 0 aliphatic carbocycles. The summed E-state index contributed by atoms with van der Waals surface area (Å²) in [6.07, 6.45) is 0.565. The second-order valence-corrected chi connectivity index (χ2v) is 4.82. The molecule has 0 saturated carbocycles. The Kier molecular flexibility index (Phi) is 4.29. The maximum atomic E-state index is 10.9. The van der Waals surface area contributed by atoms with Crippen molar-refractivity contribution >= 4 is 17.7 Å². The van der Waals surface area contributed by atoms with Crippen LogP contribution in [0.3, 0.4) is 0 Å². The molecule has 0 amide bonds. The Morgan fingerprint density at radius 2 is 1.81 bits per heavy atom. The minimum Gasteiger partial charge on any atom is -0.480 e. The largest absolute Gasteiger partial charge is 0.480 e. The molecular weight excluding hydrogens is 224 g/mol. The quantitative estimate of drug-likeness (QED) is 0.646. The van der Waals surface area contributed by atoms with Gasteiger partial charge in [0.25, 0.3) is 0 Å². The van der Waals surface area contributed by atoms with Crippen LogP contribution in [0.25, 0.3) is 0 Å². The summed E-state index contributed by atoms with van der Waals surface area (Å²) in [7, 11) is 0. The van der Waals surface area contributed by atoms with Gasteiger partial charge in [-0.3, -0.25) is 4.79 Å². The molecule has 88 valence electrons. The molecule has 0 aromatic carbocycles. The van der Waals surface area contributed by atoms with E-state index in [1.807, 2.05) is 27.7 Å².